The minimum atomic E-state index is 0.572. The Labute approximate surface area is 392 Å². The van der Waals surface area contributed by atoms with E-state index in [-0.39, 0.29) is 0 Å². The summed E-state index contributed by atoms with van der Waals surface area (Å²) in [6.45, 7) is 0. The number of nitrogens with zero attached hydrogens (tertiary/aromatic N) is 6. The van der Waals surface area contributed by atoms with Crippen LogP contribution in [0.1, 0.15) is 0 Å². The molecule has 68 heavy (non-hydrogen) atoms. The average Bonchev–Trinajstić information content (AvgIpc) is 3.93. The Morgan fingerprint density at radius 3 is 1.19 bits per heavy atom. The molecule has 0 N–H and O–H groups in total. The fraction of sp³-hybridized carbons (Fsp3) is 0. The molecule has 9 aromatic carbocycles. The van der Waals surface area contributed by atoms with Crippen LogP contribution in [0.15, 0.2) is 243 Å². The van der Waals surface area contributed by atoms with Gasteiger partial charge in [0.05, 0.1) is 39.1 Å². The van der Waals surface area contributed by atoms with E-state index in [9.17, 15) is 0 Å². The molecular formula is C62H40N6. The number of rotatable bonds is 8. The lowest BCUT2D eigenvalue weighted by atomic mass is 10.0. The van der Waals surface area contributed by atoms with Gasteiger partial charge in [-0.05, 0) is 89.0 Å². The monoisotopic (exact) mass is 868 g/mol. The predicted octanol–water partition coefficient (Wildman–Crippen LogP) is 15.5. The maximum absolute atomic E-state index is 5.35. The van der Waals surface area contributed by atoms with Gasteiger partial charge in [0.25, 0.3) is 0 Å². The van der Waals surface area contributed by atoms with E-state index in [1.54, 1.807) is 0 Å². The Kier molecular flexibility index (Phi) is 9.39. The lowest BCUT2D eigenvalue weighted by molar-refractivity contribution is 1.07. The molecule has 0 aliphatic heterocycles. The van der Waals surface area contributed by atoms with Gasteiger partial charge in [-0.2, -0.15) is 0 Å². The number of aromatic nitrogens is 6. The van der Waals surface area contributed by atoms with Gasteiger partial charge in [0.1, 0.15) is 0 Å². The summed E-state index contributed by atoms with van der Waals surface area (Å²) in [5.74, 6) is 1.79. The van der Waals surface area contributed by atoms with E-state index in [2.05, 4.69) is 179 Å². The fourth-order valence-corrected chi connectivity index (χ4v) is 9.87. The zero-order chi connectivity index (χ0) is 45.0. The van der Waals surface area contributed by atoms with Crippen LogP contribution in [0.25, 0.3) is 123 Å². The molecule has 13 rings (SSSR count). The van der Waals surface area contributed by atoms with Gasteiger partial charge < -0.3 is 9.13 Å². The Balaban J connectivity index is 1.09. The van der Waals surface area contributed by atoms with Gasteiger partial charge in [0.15, 0.2) is 17.5 Å². The predicted molar refractivity (Wildman–Crippen MR) is 279 cm³/mol. The normalized spacial score (nSPS) is 11.5. The van der Waals surface area contributed by atoms with Gasteiger partial charge in [-0.15, -0.1) is 0 Å². The minimum Gasteiger partial charge on any atom is -0.309 e. The number of pyridine rings is 1. The maximum atomic E-state index is 5.35. The Morgan fingerprint density at radius 1 is 0.265 bits per heavy atom. The summed E-state index contributed by atoms with van der Waals surface area (Å²) in [6.07, 6.45) is 1.90. The summed E-state index contributed by atoms with van der Waals surface area (Å²) in [5, 5.41) is 4.69. The third kappa shape index (κ3) is 6.66. The molecule has 0 saturated heterocycles. The summed E-state index contributed by atoms with van der Waals surface area (Å²) in [7, 11) is 0. The summed E-state index contributed by atoms with van der Waals surface area (Å²) in [5.41, 5.74) is 15.5. The molecule has 0 fully saturated rings. The van der Waals surface area contributed by atoms with Gasteiger partial charge in [0, 0.05) is 50.0 Å². The van der Waals surface area contributed by atoms with E-state index in [0.717, 1.165) is 61.4 Å². The van der Waals surface area contributed by atoms with Crippen molar-refractivity contribution in [2.75, 3.05) is 0 Å². The Hall–Kier alpha value is -9.26. The minimum absolute atomic E-state index is 0.572. The van der Waals surface area contributed by atoms with Crippen LogP contribution >= 0.6 is 0 Å². The Bertz CT molecular complexity index is 3950. The van der Waals surface area contributed by atoms with Crippen molar-refractivity contribution in [2.45, 2.75) is 0 Å². The van der Waals surface area contributed by atoms with Crippen molar-refractivity contribution in [2.24, 2.45) is 0 Å². The number of fused-ring (bicyclic) bond motifs is 6. The third-order valence-corrected chi connectivity index (χ3v) is 13.0. The zero-order valence-corrected chi connectivity index (χ0v) is 36.8. The van der Waals surface area contributed by atoms with E-state index in [4.69, 9.17) is 19.9 Å². The van der Waals surface area contributed by atoms with E-state index >= 15 is 0 Å². The number of benzene rings is 9. The van der Waals surface area contributed by atoms with Gasteiger partial charge in [-0.25, -0.2) is 15.0 Å². The van der Waals surface area contributed by atoms with Crippen molar-refractivity contribution >= 4 is 43.6 Å². The molecule has 0 aliphatic carbocycles. The molecule has 0 saturated carbocycles. The molecule has 13 aromatic rings. The van der Waals surface area contributed by atoms with Crippen LogP contribution < -0.4 is 0 Å². The van der Waals surface area contributed by atoms with E-state index in [1.165, 1.54) is 43.8 Å². The molecule has 0 bridgehead atoms. The van der Waals surface area contributed by atoms with Crippen LogP contribution in [0.3, 0.4) is 0 Å². The summed E-state index contributed by atoms with van der Waals surface area (Å²) >= 11 is 0. The maximum Gasteiger partial charge on any atom is 0.164 e. The van der Waals surface area contributed by atoms with Crippen LogP contribution in [0, 0.1) is 0 Å². The average molecular weight is 869 g/mol. The molecule has 6 nitrogen and oxygen atoms in total. The largest absolute Gasteiger partial charge is 0.309 e. The zero-order valence-electron chi connectivity index (χ0n) is 36.8. The quantitative estimate of drug-likeness (QED) is 0.153. The van der Waals surface area contributed by atoms with Crippen LogP contribution in [-0.4, -0.2) is 29.1 Å². The van der Waals surface area contributed by atoms with Gasteiger partial charge in [0.2, 0.25) is 0 Å². The smallest absolute Gasteiger partial charge is 0.164 e. The van der Waals surface area contributed by atoms with Crippen molar-refractivity contribution in [3.05, 3.63) is 243 Å². The van der Waals surface area contributed by atoms with Gasteiger partial charge >= 0.3 is 0 Å². The van der Waals surface area contributed by atoms with Gasteiger partial charge in [-0.3, -0.25) is 4.98 Å². The first-order valence-electron chi connectivity index (χ1n) is 22.9. The van der Waals surface area contributed by atoms with Crippen molar-refractivity contribution in [3.63, 3.8) is 0 Å². The highest BCUT2D eigenvalue weighted by Gasteiger charge is 2.23. The standard InChI is InChI=1S/C62H40N6/c1-5-18-41(19-6-1)45-31-34-55-50(38-45)48-26-13-15-28-53(48)67(55)57-36-33-47(62-65-60(43-22-9-3-10-23-43)64-61(66-62)44-24-11-4-12-25-44)40-52(57)59-58(30-17-37-63-59)68-54-29-16-14-27-49(54)51-39-46(32-35-56(51)68)42-20-7-2-8-21-42/h1-40H. The topological polar surface area (TPSA) is 61.4 Å². The van der Waals surface area contributed by atoms with Gasteiger partial charge in [-0.1, -0.05) is 170 Å². The lowest BCUT2D eigenvalue weighted by Crippen LogP contribution is -2.04. The summed E-state index contributed by atoms with van der Waals surface area (Å²) in [4.78, 5) is 20.8. The molecular weight excluding hydrogens is 829 g/mol. The molecule has 318 valence electrons. The van der Waals surface area contributed by atoms with Crippen molar-refractivity contribution < 1.29 is 0 Å². The second-order valence-electron chi connectivity index (χ2n) is 17.0. The highest BCUT2D eigenvalue weighted by Crippen LogP contribution is 2.43. The van der Waals surface area contributed by atoms with Crippen LogP contribution in [-0.2, 0) is 0 Å². The van der Waals surface area contributed by atoms with Crippen LogP contribution in [0.5, 0.6) is 0 Å². The molecule has 6 heteroatoms. The Morgan fingerprint density at radius 2 is 0.676 bits per heavy atom. The second-order valence-corrected chi connectivity index (χ2v) is 17.0. The number of hydrogen-bond donors (Lipinski definition) is 0. The van der Waals surface area contributed by atoms with Crippen molar-refractivity contribution in [1.82, 2.24) is 29.1 Å². The van der Waals surface area contributed by atoms with Crippen molar-refractivity contribution in [3.8, 4) is 79.0 Å². The molecule has 0 unspecified atom stereocenters. The van der Waals surface area contributed by atoms with E-state index in [0.29, 0.717) is 17.5 Å². The molecule has 0 aliphatic rings. The SMILES string of the molecule is c1ccc(-c2ccc3c(c2)c2ccccc2n3-c2ccc(-c3nc(-c4ccccc4)nc(-c4ccccc4)n3)cc2-c2ncccc2-n2c3ccccc3c3cc(-c4ccccc4)ccc32)cc1. The first kappa shape index (κ1) is 39.1. The van der Waals surface area contributed by atoms with Crippen LogP contribution in [0.4, 0.5) is 0 Å². The highest BCUT2D eigenvalue weighted by molar-refractivity contribution is 6.12. The van der Waals surface area contributed by atoms with E-state index in [1.807, 2.05) is 72.9 Å². The molecule has 0 atom stereocenters. The van der Waals surface area contributed by atoms with E-state index < -0.39 is 0 Å². The molecule has 0 amide bonds. The first-order chi connectivity index (χ1) is 33.7. The highest BCUT2D eigenvalue weighted by atomic mass is 15.0. The second kappa shape index (κ2) is 16.3. The fourth-order valence-electron chi connectivity index (χ4n) is 9.87. The number of hydrogen-bond acceptors (Lipinski definition) is 4. The van der Waals surface area contributed by atoms with Crippen molar-refractivity contribution in [1.29, 1.82) is 0 Å². The summed E-state index contributed by atoms with van der Waals surface area (Å²) < 4.78 is 4.77. The molecule has 4 heterocycles. The summed E-state index contributed by atoms with van der Waals surface area (Å²) in [6, 6.07) is 83.3. The molecule has 4 aromatic heterocycles. The van der Waals surface area contributed by atoms with Crippen LogP contribution in [0.2, 0.25) is 0 Å². The lowest BCUT2D eigenvalue weighted by Gasteiger charge is -2.19. The first-order valence-corrected chi connectivity index (χ1v) is 22.9. The third-order valence-electron chi connectivity index (χ3n) is 13.0. The molecule has 0 spiro atoms. The number of para-hydroxylation sites is 2. The molecule has 0 radical (unpaired) electrons.